The summed E-state index contributed by atoms with van der Waals surface area (Å²) in [6, 6.07) is 9.63. The highest BCUT2D eigenvalue weighted by Crippen LogP contribution is 2.17. The van der Waals surface area contributed by atoms with Crippen LogP contribution in [0.1, 0.15) is 26.3 Å². The molecule has 2 rings (SSSR count). The SMILES string of the molecule is CC(C)(C)OC(=O)N1CC(COCc2ccccc2)OC(C(=O)O)C1. The molecule has 2 unspecified atom stereocenters. The maximum Gasteiger partial charge on any atom is 0.410 e. The Hall–Kier alpha value is -2.12. The van der Waals surface area contributed by atoms with Gasteiger partial charge < -0.3 is 24.2 Å². The van der Waals surface area contributed by atoms with Gasteiger partial charge >= 0.3 is 12.1 Å². The molecule has 1 aliphatic rings. The van der Waals surface area contributed by atoms with Gasteiger partial charge in [0.15, 0.2) is 6.10 Å². The van der Waals surface area contributed by atoms with Crippen molar-refractivity contribution in [2.75, 3.05) is 19.7 Å². The number of carboxylic acid groups (broad SMARTS) is 1. The van der Waals surface area contributed by atoms with Gasteiger partial charge in [-0.15, -0.1) is 0 Å². The maximum atomic E-state index is 12.2. The standard InChI is InChI=1S/C18H25NO6/c1-18(2,3)25-17(22)19-9-14(24-15(10-19)16(20)21)12-23-11-13-7-5-4-6-8-13/h4-8,14-15H,9-12H2,1-3H3,(H,20,21). The molecule has 0 radical (unpaired) electrons. The first-order chi connectivity index (χ1) is 11.7. The molecule has 138 valence electrons. The Balaban J connectivity index is 1.92. The van der Waals surface area contributed by atoms with Gasteiger partial charge in [0, 0.05) is 0 Å². The number of carbonyl (C=O) groups is 2. The molecule has 1 aliphatic heterocycles. The van der Waals surface area contributed by atoms with E-state index >= 15 is 0 Å². The lowest BCUT2D eigenvalue weighted by Crippen LogP contribution is -2.54. The second kappa shape index (κ2) is 8.31. The fourth-order valence-electron chi connectivity index (χ4n) is 2.43. The minimum atomic E-state index is -1.11. The van der Waals surface area contributed by atoms with Crippen LogP contribution in [0.5, 0.6) is 0 Å². The van der Waals surface area contributed by atoms with Crippen LogP contribution in [0.15, 0.2) is 30.3 Å². The van der Waals surface area contributed by atoms with Crippen LogP contribution in [0.4, 0.5) is 4.79 Å². The summed E-state index contributed by atoms with van der Waals surface area (Å²) < 4.78 is 16.5. The first kappa shape index (κ1) is 19.2. The summed E-state index contributed by atoms with van der Waals surface area (Å²) in [7, 11) is 0. The highest BCUT2D eigenvalue weighted by Gasteiger charge is 2.36. The van der Waals surface area contributed by atoms with Gasteiger partial charge in [0.1, 0.15) is 5.60 Å². The molecule has 1 aromatic carbocycles. The highest BCUT2D eigenvalue weighted by atomic mass is 16.6. The number of ether oxygens (including phenoxy) is 3. The number of amides is 1. The number of benzene rings is 1. The van der Waals surface area contributed by atoms with Crippen LogP contribution in [-0.2, 0) is 25.6 Å². The van der Waals surface area contributed by atoms with E-state index in [9.17, 15) is 14.7 Å². The van der Waals surface area contributed by atoms with E-state index in [-0.39, 0.29) is 19.7 Å². The summed E-state index contributed by atoms with van der Waals surface area (Å²) in [4.78, 5) is 24.9. The van der Waals surface area contributed by atoms with Crippen molar-refractivity contribution in [3.8, 4) is 0 Å². The van der Waals surface area contributed by atoms with Gasteiger partial charge in [-0.25, -0.2) is 9.59 Å². The zero-order chi connectivity index (χ0) is 18.4. The van der Waals surface area contributed by atoms with Crippen molar-refractivity contribution in [1.29, 1.82) is 0 Å². The Morgan fingerprint density at radius 3 is 2.52 bits per heavy atom. The van der Waals surface area contributed by atoms with Crippen molar-refractivity contribution in [2.45, 2.75) is 45.2 Å². The fourth-order valence-corrected chi connectivity index (χ4v) is 2.43. The summed E-state index contributed by atoms with van der Waals surface area (Å²) in [5.41, 5.74) is 0.366. The predicted octanol–water partition coefficient (Wildman–Crippen LogP) is 2.29. The van der Waals surface area contributed by atoms with Crippen LogP contribution >= 0.6 is 0 Å². The summed E-state index contributed by atoms with van der Waals surface area (Å²) in [6.45, 7) is 6.07. The van der Waals surface area contributed by atoms with Crippen molar-refractivity contribution < 1.29 is 28.9 Å². The molecule has 1 N–H and O–H groups in total. The van der Waals surface area contributed by atoms with Gasteiger partial charge in [-0.2, -0.15) is 0 Å². The maximum absolute atomic E-state index is 12.2. The van der Waals surface area contributed by atoms with Crippen LogP contribution in [-0.4, -0.2) is 59.6 Å². The van der Waals surface area contributed by atoms with Crippen molar-refractivity contribution in [3.63, 3.8) is 0 Å². The lowest BCUT2D eigenvalue weighted by atomic mass is 10.2. The van der Waals surface area contributed by atoms with Crippen molar-refractivity contribution in [3.05, 3.63) is 35.9 Å². The molecule has 0 spiro atoms. The van der Waals surface area contributed by atoms with Crippen molar-refractivity contribution >= 4 is 12.1 Å². The topological polar surface area (TPSA) is 85.3 Å². The van der Waals surface area contributed by atoms with E-state index in [1.165, 1.54) is 4.90 Å². The predicted molar refractivity (Wildman–Crippen MR) is 90.2 cm³/mol. The average molecular weight is 351 g/mol. The van der Waals surface area contributed by atoms with Gasteiger partial charge in [-0.1, -0.05) is 30.3 Å². The smallest absolute Gasteiger partial charge is 0.410 e. The third kappa shape index (κ3) is 6.36. The van der Waals surface area contributed by atoms with Gasteiger partial charge in [0.05, 0.1) is 32.4 Å². The number of carbonyl (C=O) groups excluding carboxylic acids is 1. The van der Waals surface area contributed by atoms with Crippen molar-refractivity contribution in [2.24, 2.45) is 0 Å². The number of morpholine rings is 1. The molecule has 0 aliphatic carbocycles. The third-order valence-electron chi connectivity index (χ3n) is 3.51. The van der Waals surface area contributed by atoms with E-state index < -0.39 is 29.9 Å². The van der Waals surface area contributed by atoms with E-state index in [4.69, 9.17) is 14.2 Å². The first-order valence-electron chi connectivity index (χ1n) is 8.22. The van der Waals surface area contributed by atoms with Gasteiger partial charge in [-0.05, 0) is 26.3 Å². The van der Waals surface area contributed by atoms with Crippen molar-refractivity contribution in [1.82, 2.24) is 4.90 Å². The monoisotopic (exact) mass is 351 g/mol. The fraction of sp³-hybridized carbons (Fsp3) is 0.556. The minimum Gasteiger partial charge on any atom is -0.479 e. The average Bonchev–Trinajstić information content (AvgIpc) is 2.54. The number of hydrogen-bond donors (Lipinski definition) is 1. The van der Waals surface area contributed by atoms with Crippen LogP contribution < -0.4 is 0 Å². The molecule has 0 aromatic heterocycles. The molecule has 25 heavy (non-hydrogen) atoms. The largest absolute Gasteiger partial charge is 0.479 e. The van der Waals surface area contributed by atoms with Crippen LogP contribution in [0, 0.1) is 0 Å². The van der Waals surface area contributed by atoms with E-state index in [2.05, 4.69) is 0 Å². The Labute approximate surface area is 147 Å². The van der Waals surface area contributed by atoms with E-state index in [1.54, 1.807) is 20.8 Å². The zero-order valence-electron chi connectivity index (χ0n) is 14.8. The molecule has 7 heteroatoms. The zero-order valence-corrected chi connectivity index (χ0v) is 14.8. The van der Waals surface area contributed by atoms with Gasteiger partial charge in [-0.3, -0.25) is 0 Å². The van der Waals surface area contributed by atoms with E-state index in [0.717, 1.165) is 5.56 Å². The Bertz CT molecular complexity index is 583. The number of hydrogen-bond acceptors (Lipinski definition) is 5. The molecule has 0 bridgehead atoms. The molecular formula is C18H25NO6. The number of aliphatic carboxylic acids is 1. The van der Waals surface area contributed by atoms with Crippen LogP contribution in [0.25, 0.3) is 0 Å². The Kier molecular flexibility index (Phi) is 6.39. The highest BCUT2D eigenvalue weighted by molar-refractivity contribution is 5.75. The Morgan fingerprint density at radius 1 is 1.24 bits per heavy atom. The lowest BCUT2D eigenvalue weighted by Gasteiger charge is -2.37. The molecule has 1 amide bonds. The summed E-state index contributed by atoms with van der Waals surface area (Å²) in [5.74, 6) is -1.11. The summed E-state index contributed by atoms with van der Waals surface area (Å²) in [6.07, 6.45) is -2.16. The first-order valence-corrected chi connectivity index (χ1v) is 8.22. The van der Waals surface area contributed by atoms with E-state index in [1.807, 2.05) is 30.3 Å². The second-order valence-electron chi connectivity index (χ2n) is 6.97. The molecule has 0 saturated carbocycles. The number of nitrogens with zero attached hydrogens (tertiary/aromatic N) is 1. The number of carboxylic acids is 1. The molecule has 1 heterocycles. The van der Waals surface area contributed by atoms with Gasteiger partial charge in [0.25, 0.3) is 0 Å². The molecule has 7 nitrogen and oxygen atoms in total. The van der Waals surface area contributed by atoms with Crippen LogP contribution in [0.3, 0.4) is 0 Å². The van der Waals surface area contributed by atoms with E-state index in [0.29, 0.717) is 6.61 Å². The summed E-state index contributed by atoms with van der Waals surface area (Å²) in [5, 5.41) is 9.25. The summed E-state index contributed by atoms with van der Waals surface area (Å²) >= 11 is 0. The number of rotatable bonds is 5. The molecule has 1 saturated heterocycles. The molecule has 1 fully saturated rings. The molecular weight excluding hydrogens is 326 g/mol. The van der Waals surface area contributed by atoms with Gasteiger partial charge in [0.2, 0.25) is 0 Å². The van der Waals surface area contributed by atoms with Crippen LogP contribution in [0.2, 0.25) is 0 Å². The quantitative estimate of drug-likeness (QED) is 0.876. The Morgan fingerprint density at radius 2 is 1.92 bits per heavy atom. The molecule has 2 atom stereocenters. The second-order valence-corrected chi connectivity index (χ2v) is 6.97. The molecule has 1 aromatic rings. The normalized spacial score (nSPS) is 21.0. The third-order valence-corrected chi connectivity index (χ3v) is 3.51. The minimum absolute atomic E-state index is 0.0422. The lowest BCUT2D eigenvalue weighted by molar-refractivity contribution is -0.167.